The summed E-state index contributed by atoms with van der Waals surface area (Å²) < 4.78 is 13.3. The Bertz CT molecular complexity index is 465. The number of nitrogens with zero attached hydrogens (tertiary/aromatic N) is 2. The predicted molar refractivity (Wildman–Crippen MR) is 85.7 cm³/mol. The van der Waals surface area contributed by atoms with Gasteiger partial charge in [0.1, 0.15) is 6.17 Å². The molecule has 0 spiro atoms. The van der Waals surface area contributed by atoms with Crippen LogP contribution >= 0.6 is 0 Å². The number of piperidine rings is 1. The number of alkyl halides is 1. The fourth-order valence-electron chi connectivity index (χ4n) is 4.64. The number of carbonyl (C=O) groups is 2. The highest BCUT2D eigenvalue weighted by molar-refractivity contribution is 5.83. The smallest absolute Gasteiger partial charge is 0.240 e. The van der Waals surface area contributed by atoms with Crippen LogP contribution in [0.5, 0.6) is 0 Å². The minimum atomic E-state index is -0.838. The van der Waals surface area contributed by atoms with Crippen molar-refractivity contribution in [2.24, 2.45) is 0 Å². The third-order valence-electron chi connectivity index (χ3n) is 5.69. The summed E-state index contributed by atoms with van der Waals surface area (Å²) in [6.07, 6.45) is 4.35. The Hall–Kier alpha value is -1.17. The number of hydrogen-bond acceptors (Lipinski definition) is 3. The highest BCUT2D eigenvalue weighted by Gasteiger charge is 2.45. The molecule has 23 heavy (non-hydrogen) atoms. The van der Waals surface area contributed by atoms with Crippen LogP contribution in [0.3, 0.4) is 0 Å². The van der Waals surface area contributed by atoms with E-state index in [1.54, 1.807) is 6.92 Å². The van der Waals surface area contributed by atoms with E-state index >= 15 is 0 Å². The van der Waals surface area contributed by atoms with Gasteiger partial charge in [0.25, 0.3) is 0 Å². The van der Waals surface area contributed by atoms with Gasteiger partial charge in [-0.1, -0.05) is 12.8 Å². The molecule has 0 aromatic heterocycles. The maximum Gasteiger partial charge on any atom is 0.240 e. The van der Waals surface area contributed by atoms with Crippen LogP contribution < -0.4 is 5.32 Å². The average molecular weight is 325 g/mol. The Morgan fingerprint density at radius 3 is 2.39 bits per heavy atom. The molecule has 0 aromatic rings. The van der Waals surface area contributed by atoms with Crippen molar-refractivity contribution >= 4 is 11.8 Å². The van der Waals surface area contributed by atoms with Gasteiger partial charge in [0.15, 0.2) is 0 Å². The lowest BCUT2D eigenvalue weighted by atomic mass is 9.84. The molecule has 3 aliphatic rings. The Labute approximate surface area is 137 Å². The fraction of sp³-hybridized carbons (Fsp3) is 0.882. The van der Waals surface area contributed by atoms with E-state index in [4.69, 9.17) is 0 Å². The number of piperazine rings is 1. The van der Waals surface area contributed by atoms with Crippen molar-refractivity contribution in [3.05, 3.63) is 0 Å². The van der Waals surface area contributed by atoms with Crippen molar-refractivity contribution in [1.82, 2.24) is 15.1 Å². The minimum Gasteiger partial charge on any atom is -0.334 e. The Balaban J connectivity index is 1.76. The fourth-order valence-corrected chi connectivity index (χ4v) is 4.64. The van der Waals surface area contributed by atoms with Crippen molar-refractivity contribution in [3.8, 4) is 0 Å². The Morgan fingerprint density at radius 1 is 1.09 bits per heavy atom. The molecule has 5 nitrogen and oxygen atoms in total. The third kappa shape index (κ3) is 3.23. The predicted octanol–water partition coefficient (Wildman–Crippen LogP) is 1.47. The SMILES string of the molecule is CC(=O)N1C2CCCCC2N(C(=O)C2CCC(F)CN2)C[C@@H]1C. The van der Waals surface area contributed by atoms with E-state index in [0.29, 0.717) is 19.4 Å². The number of hydrogen-bond donors (Lipinski definition) is 1. The van der Waals surface area contributed by atoms with Gasteiger partial charge < -0.3 is 15.1 Å². The maximum absolute atomic E-state index is 13.3. The summed E-state index contributed by atoms with van der Waals surface area (Å²) in [5, 5.41) is 3.06. The van der Waals surface area contributed by atoms with Crippen LogP contribution in [0, 0.1) is 0 Å². The molecule has 4 unspecified atom stereocenters. The number of amides is 2. The van der Waals surface area contributed by atoms with E-state index in [1.165, 1.54) is 0 Å². The number of rotatable bonds is 1. The van der Waals surface area contributed by atoms with E-state index in [2.05, 4.69) is 5.32 Å². The standard InChI is InChI=1S/C17H28FN3O2/c1-11-10-20(17(23)14-8-7-13(18)9-19-14)15-5-3-4-6-16(15)21(11)12(2)22/h11,13-16,19H,3-10H2,1-2H3/t11-,13?,14?,15?,16?/m0/s1. The third-order valence-corrected chi connectivity index (χ3v) is 5.69. The lowest BCUT2D eigenvalue weighted by Crippen LogP contribution is -2.68. The first kappa shape index (κ1) is 16.7. The molecule has 1 N–H and O–H groups in total. The van der Waals surface area contributed by atoms with Crippen LogP contribution in [0.25, 0.3) is 0 Å². The van der Waals surface area contributed by atoms with Gasteiger partial charge in [-0.3, -0.25) is 9.59 Å². The zero-order valence-electron chi connectivity index (χ0n) is 14.1. The molecule has 0 bridgehead atoms. The van der Waals surface area contributed by atoms with E-state index in [0.717, 1.165) is 25.7 Å². The van der Waals surface area contributed by atoms with Gasteiger partial charge in [0, 0.05) is 26.1 Å². The number of fused-ring (bicyclic) bond motifs is 1. The van der Waals surface area contributed by atoms with Gasteiger partial charge in [0.2, 0.25) is 11.8 Å². The van der Waals surface area contributed by atoms with Gasteiger partial charge in [-0.15, -0.1) is 0 Å². The van der Waals surface area contributed by atoms with Gasteiger partial charge in [-0.05, 0) is 32.6 Å². The molecule has 1 aliphatic carbocycles. The number of nitrogens with one attached hydrogen (secondary N) is 1. The quantitative estimate of drug-likeness (QED) is 0.794. The normalized spacial score (nSPS) is 38.1. The van der Waals surface area contributed by atoms with Crippen molar-refractivity contribution in [2.45, 2.75) is 82.7 Å². The van der Waals surface area contributed by atoms with E-state index in [-0.39, 0.29) is 42.5 Å². The van der Waals surface area contributed by atoms with Crippen molar-refractivity contribution in [2.75, 3.05) is 13.1 Å². The first-order chi connectivity index (χ1) is 11.0. The monoisotopic (exact) mass is 325 g/mol. The summed E-state index contributed by atoms with van der Waals surface area (Å²) in [6.45, 7) is 4.52. The van der Waals surface area contributed by atoms with E-state index in [1.807, 2.05) is 16.7 Å². The molecule has 1 saturated carbocycles. The first-order valence-corrected chi connectivity index (χ1v) is 8.96. The topological polar surface area (TPSA) is 52.7 Å². The van der Waals surface area contributed by atoms with Crippen molar-refractivity contribution in [3.63, 3.8) is 0 Å². The zero-order chi connectivity index (χ0) is 16.6. The molecule has 130 valence electrons. The molecule has 2 amide bonds. The second-order valence-corrected chi connectivity index (χ2v) is 7.32. The van der Waals surface area contributed by atoms with Crippen molar-refractivity contribution < 1.29 is 14.0 Å². The molecule has 2 saturated heterocycles. The second-order valence-electron chi connectivity index (χ2n) is 7.32. The summed E-state index contributed by atoms with van der Waals surface area (Å²) in [4.78, 5) is 29.0. The highest BCUT2D eigenvalue weighted by Crippen LogP contribution is 2.33. The van der Waals surface area contributed by atoms with Crippen LogP contribution in [0.15, 0.2) is 0 Å². The molecule has 2 aliphatic heterocycles. The molecule has 0 radical (unpaired) electrons. The van der Waals surface area contributed by atoms with Crippen LogP contribution in [-0.4, -0.2) is 65.0 Å². The molecular formula is C17H28FN3O2. The first-order valence-electron chi connectivity index (χ1n) is 8.96. The van der Waals surface area contributed by atoms with E-state index < -0.39 is 6.17 Å². The molecular weight excluding hydrogens is 297 g/mol. The van der Waals surface area contributed by atoms with Gasteiger partial charge in [0.05, 0.1) is 18.1 Å². The maximum atomic E-state index is 13.3. The number of carbonyl (C=O) groups excluding carboxylic acids is 2. The molecule has 3 fully saturated rings. The summed E-state index contributed by atoms with van der Waals surface area (Å²) in [6, 6.07) is 0.0571. The lowest BCUT2D eigenvalue weighted by Gasteiger charge is -2.53. The number of halogens is 1. The lowest BCUT2D eigenvalue weighted by molar-refractivity contribution is -0.154. The van der Waals surface area contributed by atoms with E-state index in [9.17, 15) is 14.0 Å². The van der Waals surface area contributed by atoms with Crippen LogP contribution in [0.1, 0.15) is 52.4 Å². The van der Waals surface area contributed by atoms with Crippen LogP contribution in [-0.2, 0) is 9.59 Å². The van der Waals surface area contributed by atoms with Gasteiger partial charge in [-0.2, -0.15) is 0 Å². The average Bonchev–Trinajstić information content (AvgIpc) is 2.53. The van der Waals surface area contributed by atoms with Crippen molar-refractivity contribution in [1.29, 1.82) is 0 Å². The molecule has 0 aromatic carbocycles. The zero-order valence-corrected chi connectivity index (χ0v) is 14.1. The highest BCUT2D eigenvalue weighted by atomic mass is 19.1. The minimum absolute atomic E-state index is 0.0494. The molecule has 5 atom stereocenters. The summed E-state index contributed by atoms with van der Waals surface area (Å²) in [7, 11) is 0. The Morgan fingerprint density at radius 2 is 1.78 bits per heavy atom. The summed E-state index contributed by atoms with van der Waals surface area (Å²) in [5.74, 6) is 0.210. The largest absolute Gasteiger partial charge is 0.334 e. The van der Waals surface area contributed by atoms with Gasteiger partial charge in [-0.25, -0.2) is 4.39 Å². The van der Waals surface area contributed by atoms with Crippen LogP contribution in [0.2, 0.25) is 0 Å². The molecule has 6 heteroatoms. The molecule has 3 rings (SSSR count). The summed E-state index contributed by atoms with van der Waals surface area (Å²) >= 11 is 0. The summed E-state index contributed by atoms with van der Waals surface area (Å²) in [5.41, 5.74) is 0. The second kappa shape index (κ2) is 6.75. The molecule has 2 heterocycles. The Kier molecular flexibility index (Phi) is 4.90. The van der Waals surface area contributed by atoms with Crippen LogP contribution in [0.4, 0.5) is 4.39 Å². The van der Waals surface area contributed by atoms with Gasteiger partial charge >= 0.3 is 0 Å².